The minimum Gasteiger partial charge on any atom is -0.310 e. The van der Waals surface area contributed by atoms with Crippen LogP contribution in [0.2, 0.25) is 0 Å². The van der Waals surface area contributed by atoms with Crippen molar-refractivity contribution < 1.29 is 8.42 Å². The van der Waals surface area contributed by atoms with Crippen molar-refractivity contribution in [3.63, 3.8) is 0 Å². The maximum absolute atomic E-state index is 12.6. The molecule has 0 unspecified atom stereocenters. The van der Waals surface area contributed by atoms with Crippen LogP contribution in [0, 0.1) is 0 Å². The highest BCUT2D eigenvalue weighted by atomic mass is 32.2. The Balaban J connectivity index is 2.15. The molecular formula is C14H24N2O2S2. The number of nitrogens with one attached hydrogen (secondary N) is 2. The Labute approximate surface area is 126 Å². The van der Waals surface area contributed by atoms with Crippen molar-refractivity contribution in [2.24, 2.45) is 0 Å². The van der Waals surface area contributed by atoms with Crippen LogP contribution in [0.15, 0.2) is 16.3 Å². The lowest BCUT2D eigenvalue weighted by molar-refractivity contribution is 0.214. The smallest absolute Gasteiger partial charge is 0.242 e. The van der Waals surface area contributed by atoms with E-state index in [-0.39, 0.29) is 5.54 Å². The number of sulfonamides is 1. The van der Waals surface area contributed by atoms with E-state index in [1.54, 1.807) is 6.07 Å². The standard InChI is InChI=1S/C14H24N2O2S2/c1-4-14(7-5-8-14)16-20(17,18)13-6-9-19-12(13)10-15-11(2)3/h6,9,11,15-16H,4-5,7-8,10H2,1-3H3. The van der Waals surface area contributed by atoms with Gasteiger partial charge in [0.15, 0.2) is 0 Å². The van der Waals surface area contributed by atoms with Gasteiger partial charge >= 0.3 is 0 Å². The van der Waals surface area contributed by atoms with E-state index in [0.717, 1.165) is 30.6 Å². The largest absolute Gasteiger partial charge is 0.310 e. The quantitative estimate of drug-likeness (QED) is 0.813. The molecule has 0 bridgehead atoms. The molecule has 0 radical (unpaired) electrons. The highest BCUT2D eigenvalue weighted by molar-refractivity contribution is 7.89. The molecule has 1 aliphatic rings. The topological polar surface area (TPSA) is 58.2 Å². The molecule has 0 spiro atoms. The third-order valence-electron chi connectivity index (χ3n) is 4.00. The van der Waals surface area contributed by atoms with E-state index in [4.69, 9.17) is 0 Å². The number of hydrogen-bond donors (Lipinski definition) is 2. The van der Waals surface area contributed by atoms with Gasteiger partial charge in [0.25, 0.3) is 0 Å². The molecule has 0 aromatic carbocycles. The summed E-state index contributed by atoms with van der Waals surface area (Å²) in [4.78, 5) is 1.33. The van der Waals surface area contributed by atoms with Crippen molar-refractivity contribution in [3.8, 4) is 0 Å². The fourth-order valence-electron chi connectivity index (χ4n) is 2.47. The van der Waals surface area contributed by atoms with Crippen LogP contribution < -0.4 is 10.0 Å². The predicted molar refractivity (Wildman–Crippen MR) is 83.5 cm³/mol. The van der Waals surface area contributed by atoms with Gasteiger partial charge in [-0.05, 0) is 37.1 Å². The monoisotopic (exact) mass is 316 g/mol. The van der Waals surface area contributed by atoms with E-state index in [1.807, 2.05) is 5.38 Å². The van der Waals surface area contributed by atoms with Gasteiger partial charge < -0.3 is 5.32 Å². The maximum Gasteiger partial charge on any atom is 0.242 e. The summed E-state index contributed by atoms with van der Waals surface area (Å²) in [5.41, 5.74) is -0.205. The zero-order valence-electron chi connectivity index (χ0n) is 12.4. The lowest BCUT2D eigenvalue weighted by atomic mass is 9.76. The summed E-state index contributed by atoms with van der Waals surface area (Å²) in [5, 5.41) is 5.14. The van der Waals surface area contributed by atoms with Crippen LogP contribution in [0.4, 0.5) is 0 Å². The van der Waals surface area contributed by atoms with Crippen molar-refractivity contribution in [2.45, 2.75) is 69.5 Å². The van der Waals surface area contributed by atoms with E-state index in [0.29, 0.717) is 17.5 Å². The molecular weight excluding hydrogens is 292 g/mol. The summed E-state index contributed by atoms with van der Waals surface area (Å²) in [5.74, 6) is 0. The Morgan fingerprint density at radius 1 is 1.40 bits per heavy atom. The Kier molecular flexibility index (Phi) is 4.89. The van der Waals surface area contributed by atoms with Crippen molar-refractivity contribution in [3.05, 3.63) is 16.3 Å². The molecule has 1 fully saturated rings. The van der Waals surface area contributed by atoms with Crippen molar-refractivity contribution in [1.82, 2.24) is 10.0 Å². The van der Waals surface area contributed by atoms with Crippen molar-refractivity contribution in [1.29, 1.82) is 0 Å². The minimum absolute atomic E-state index is 0.205. The molecule has 1 heterocycles. The lowest BCUT2D eigenvalue weighted by Gasteiger charge is -2.41. The lowest BCUT2D eigenvalue weighted by Crippen LogP contribution is -2.52. The highest BCUT2D eigenvalue weighted by Gasteiger charge is 2.39. The third kappa shape index (κ3) is 3.42. The second-order valence-corrected chi connectivity index (χ2v) is 8.49. The van der Waals surface area contributed by atoms with Crippen LogP contribution >= 0.6 is 11.3 Å². The van der Waals surface area contributed by atoms with Crippen LogP contribution in [0.5, 0.6) is 0 Å². The van der Waals surface area contributed by atoms with Gasteiger partial charge in [0.05, 0.1) is 4.90 Å². The minimum atomic E-state index is -3.41. The van der Waals surface area contributed by atoms with Gasteiger partial charge in [0.1, 0.15) is 0 Å². The van der Waals surface area contributed by atoms with Crippen LogP contribution in [0.1, 0.15) is 51.3 Å². The van der Waals surface area contributed by atoms with Crippen LogP contribution in [0.3, 0.4) is 0 Å². The number of thiophene rings is 1. The van der Waals surface area contributed by atoms with E-state index < -0.39 is 10.0 Å². The van der Waals surface area contributed by atoms with Gasteiger partial charge in [-0.15, -0.1) is 11.3 Å². The second kappa shape index (κ2) is 6.13. The Hall–Kier alpha value is -0.430. The fraction of sp³-hybridized carbons (Fsp3) is 0.714. The van der Waals surface area contributed by atoms with Gasteiger partial charge in [-0.3, -0.25) is 0 Å². The summed E-state index contributed by atoms with van der Waals surface area (Å²) in [7, 11) is -3.41. The third-order valence-corrected chi connectivity index (χ3v) is 6.72. The molecule has 0 amide bonds. The highest BCUT2D eigenvalue weighted by Crippen LogP contribution is 2.36. The van der Waals surface area contributed by atoms with E-state index >= 15 is 0 Å². The van der Waals surface area contributed by atoms with E-state index in [2.05, 4.69) is 30.8 Å². The van der Waals surface area contributed by atoms with E-state index in [1.165, 1.54) is 11.3 Å². The van der Waals surface area contributed by atoms with Crippen molar-refractivity contribution >= 4 is 21.4 Å². The molecule has 2 rings (SSSR count). The van der Waals surface area contributed by atoms with Gasteiger partial charge in [0, 0.05) is 23.0 Å². The SMILES string of the molecule is CCC1(NS(=O)(=O)c2ccsc2CNC(C)C)CCC1. The Bertz CT molecular complexity index is 540. The fourth-order valence-corrected chi connectivity index (χ4v) is 5.39. The van der Waals surface area contributed by atoms with Crippen LogP contribution in [0.25, 0.3) is 0 Å². The summed E-state index contributed by atoms with van der Waals surface area (Å²) < 4.78 is 28.1. The Morgan fingerprint density at radius 3 is 2.60 bits per heavy atom. The second-order valence-electron chi connectivity index (χ2n) is 5.84. The summed E-state index contributed by atoms with van der Waals surface area (Å²) in [6, 6.07) is 2.06. The molecule has 0 saturated heterocycles. The molecule has 1 aromatic heterocycles. The maximum atomic E-state index is 12.6. The zero-order valence-corrected chi connectivity index (χ0v) is 14.0. The molecule has 2 N–H and O–H groups in total. The molecule has 114 valence electrons. The van der Waals surface area contributed by atoms with E-state index in [9.17, 15) is 8.42 Å². The normalized spacial score (nSPS) is 18.2. The zero-order chi connectivity index (χ0) is 14.8. The first kappa shape index (κ1) is 15.9. The first-order valence-corrected chi connectivity index (χ1v) is 9.58. The molecule has 0 atom stereocenters. The van der Waals surface area contributed by atoms with Crippen LogP contribution in [-0.2, 0) is 16.6 Å². The van der Waals surface area contributed by atoms with Gasteiger partial charge in [-0.25, -0.2) is 13.1 Å². The van der Waals surface area contributed by atoms with Crippen molar-refractivity contribution in [2.75, 3.05) is 0 Å². The first-order valence-electron chi connectivity index (χ1n) is 7.22. The number of rotatable bonds is 7. The average molecular weight is 316 g/mol. The summed E-state index contributed by atoms with van der Waals surface area (Å²) in [6.07, 6.45) is 3.87. The summed E-state index contributed by atoms with van der Waals surface area (Å²) >= 11 is 1.50. The molecule has 6 heteroatoms. The number of hydrogen-bond acceptors (Lipinski definition) is 4. The molecule has 1 aromatic rings. The Morgan fingerprint density at radius 2 is 2.10 bits per heavy atom. The van der Waals surface area contributed by atoms with Gasteiger partial charge in [0.2, 0.25) is 10.0 Å². The predicted octanol–water partition coefficient (Wildman–Crippen LogP) is 2.86. The molecule has 4 nitrogen and oxygen atoms in total. The summed E-state index contributed by atoms with van der Waals surface area (Å²) in [6.45, 7) is 6.77. The van der Waals surface area contributed by atoms with Crippen LogP contribution in [-0.4, -0.2) is 20.0 Å². The van der Waals surface area contributed by atoms with Gasteiger partial charge in [-0.1, -0.05) is 20.8 Å². The molecule has 20 heavy (non-hydrogen) atoms. The molecule has 1 saturated carbocycles. The van der Waals surface area contributed by atoms with Gasteiger partial charge in [-0.2, -0.15) is 0 Å². The average Bonchev–Trinajstić information content (AvgIpc) is 2.80. The molecule has 1 aliphatic carbocycles. The first-order chi connectivity index (χ1) is 9.38. The molecule has 0 aliphatic heterocycles.